The number of thioether (sulfide) groups is 1. The van der Waals surface area contributed by atoms with Crippen LogP contribution in [0.3, 0.4) is 0 Å². The third kappa shape index (κ3) is 6.87. The van der Waals surface area contributed by atoms with E-state index in [1.54, 1.807) is 6.92 Å². The van der Waals surface area contributed by atoms with Gasteiger partial charge in [-0.05, 0) is 13.0 Å². The normalized spacial score (nSPS) is 12.6. The zero-order chi connectivity index (χ0) is 24.9. The van der Waals surface area contributed by atoms with Crippen molar-refractivity contribution < 1.29 is 31.5 Å². The molecule has 0 unspecified atom stereocenters. The van der Waals surface area contributed by atoms with Gasteiger partial charge in [0.05, 0.1) is 0 Å². The topological polar surface area (TPSA) is 109 Å². The van der Waals surface area contributed by atoms with E-state index in [1.165, 1.54) is 12.1 Å². The summed E-state index contributed by atoms with van der Waals surface area (Å²) >= 11 is 1.93. The molecule has 1 atom stereocenters. The summed E-state index contributed by atoms with van der Waals surface area (Å²) in [7, 11) is 0. The highest BCUT2D eigenvalue weighted by Crippen LogP contribution is 2.28. The second kappa shape index (κ2) is 11.1. The fraction of sp³-hybridized carbons (Fsp3) is 0.368. The molecular weight excluding hydrogens is 505 g/mol. The van der Waals surface area contributed by atoms with Gasteiger partial charge in [0.1, 0.15) is 11.3 Å². The van der Waals surface area contributed by atoms with Gasteiger partial charge in [0.15, 0.2) is 28.3 Å². The molecule has 0 saturated carbocycles. The van der Waals surface area contributed by atoms with E-state index in [0.717, 1.165) is 29.2 Å². The number of ether oxygens (including phenoxy) is 1. The Morgan fingerprint density at radius 2 is 2.06 bits per heavy atom. The van der Waals surface area contributed by atoms with E-state index in [4.69, 9.17) is 0 Å². The number of hydrogen-bond acceptors (Lipinski definition) is 9. The molecule has 0 aliphatic carbocycles. The van der Waals surface area contributed by atoms with Crippen LogP contribution in [0.2, 0.25) is 0 Å². The first-order chi connectivity index (χ1) is 16.0. The smallest absolute Gasteiger partial charge is 0.458 e. The van der Waals surface area contributed by atoms with Crippen molar-refractivity contribution in [3.63, 3.8) is 0 Å². The van der Waals surface area contributed by atoms with Crippen LogP contribution < -0.4 is 15.5 Å². The number of thiazole rings is 1. The van der Waals surface area contributed by atoms with Crippen LogP contribution in [0.15, 0.2) is 28.2 Å². The number of nitrogens with zero attached hydrogens (tertiary/aromatic N) is 2. The van der Waals surface area contributed by atoms with Gasteiger partial charge in [0.25, 0.3) is 0 Å². The molecule has 184 valence electrons. The third-order valence-electron chi connectivity index (χ3n) is 4.23. The summed E-state index contributed by atoms with van der Waals surface area (Å²) in [6.07, 6.45) is -5.04. The average molecular weight is 524 g/mol. The predicted molar refractivity (Wildman–Crippen MR) is 117 cm³/mol. The Labute approximate surface area is 197 Å². The van der Waals surface area contributed by atoms with E-state index < -0.39 is 30.4 Å². The Hall–Kier alpha value is -2.78. The van der Waals surface area contributed by atoms with Gasteiger partial charge in [-0.1, -0.05) is 35.2 Å². The van der Waals surface area contributed by atoms with Gasteiger partial charge in [0.2, 0.25) is 0 Å². The largest absolute Gasteiger partial charge is 0.490 e. The Bertz CT molecular complexity index is 1220. The molecule has 2 aromatic heterocycles. The van der Waals surface area contributed by atoms with Crippen LogP contribution in [0.1, 0.15) is 12.5 Å². The van der Waals surface area contributed by atoms with Crippen molar-refractivity contribution in [3.05, 3.63) is 45.1 Å². The number of benzene rings is 1. The summed E-state index contributed by atoms with van der Waals surface area (Å²) in [4.78, 5) is 33.3. The van der Waals surface area contributed by atoms with Crippen LogP contribution in [0, 0.1) is 11.6 Å². The van der Waals surface area contributed by atoms with Crippen LogP contribution in [0.4, 0.5) is 27.8 Å². The van der Waals surface area contributed by atoms with Gasteiger partial charge in [-0.15, -0.1) is 0 Å². The Morgan fingerprint density at radius 3 is 2.79 bits per heavy atom. The van der Waals surface area contributed by atoms with Crippen LogP contribution >= 0.6 is 23.1 Å². The van der Waals surface area contributed by atoms with E-state index in [9.17, 15) is 31.5 Å². The lowest BCUT2D eigenvalue weighted by molar-refractivity contribution is -0.199. The number of aromatic nitrogens is 3. The van der Waals surface area contributed by atoms with E-state index in [1.807, 2.05) is 0 Å². The van der Waals surface area contributed by atoms with Gasteiger partial charge in [-0.3, -0.25) is 9.78 Å². The molecule has 34 heavy (non-hydrogen) atoms. The summed E-state index contributed by atoms with van der Waals surface area (Å²) in [5, 5.41) is 6.14. The number of hydrogen-bond donors (Lipinski definition) is 3. The molecule has 1 aromatic carbocycles. The first-order valence-corrected chi connectivity index (χ1v) is 11.5. The first kappa shape index (κ1) is 25.8. The van der Waals surface area contributed by atoms with Gasteiger partial charge >= 0.3 is 17.0 Å². The lowest BCUT2D eigenvalue weighted by Crippen LogP contribution is -2.34. The van der Waals surface area contributed by atoms with Crippen molar-refractivity contribution >= 4 is 45.2 Å². The minimum Gasteiger partial charge on any atom is -0.458 e. The SMILES string of the molecule is C[C@H](CNCCOC(=O)C(F)(F)F)Nc1nc(SCc2cccc(F)c2F)nc2[nH]c(=O)sc12. The molecule has 3 aromatic rings. The van der Waals surface area contributed by atoms with Crippen molar-refractivity contribution in [1.82, 2.24) is 20.3 Å². The average Bonchev–Trinajstić information content (AvgIpc) is 3.14. The van der Waals surface area contributed by atoms with Crippen molar-refractivity contribution in [3.8, 4) is 0 Å². The van der Waals surface area contributed by atoms with Crippen LogP contribution in [-0.4, -0.2) is 52.8 Å². The molecular formula is C19H18F5N5O3S2. The molecule has 0 radical (unpaired) electrons. The molecule has 3 rings (SSSR count). The molecule has 0 amide bonds. The molecule has 0 spiro atoms. The molecule has 0 aliphatic rings. The second-order valence-electron chi connectivity index (χ2n) is 6.93. The number of fused-ring (bicyclic) bond motifs is 1. The summed E-state index contributed by atoms with van der Waals surface area (Å²) in [5.41, 5.74) is 0.403. The molecule has 0 aliphatic heterocycles. The number of aromatic amines is 1. The Kier molecular flexibility index (Phi) is 8.43. The molecule has 0 fully saturated rings. The van der Waals surface area contributed by atoms with E-state index in [0.29, 0.717) is 10.5 Å². The predicted octanol–water partition coefficient (Wildman–Crippen LogP) is 3.45. The van der Waals surface area contributed by atoms with Gasteiger partial charge < -0.3 is 15.4 Å². The third-order valence-corrected chi connectivity index (χ3v) is 6.00. The lowest BCUT2D eigenvalue weighted by atomic mass is 10.2. The fourth-order valence-corrected chi connectivity index (χ4v) is 4.24. The van der Waals surface area contributed by atoms with Gasteiger partial charge in [-0.25, -0.2) is 23.5 Å². The summed E-state index contributed by atoms with van der Waals surface area (Å²) in [5.74, 6) is -3.80. The van der Waals surface area contributed by atoms with E-state index in [2.05, 4.69) is 30.3 Å². The number of carbonyl (C=O) groups excluding carboxylic acids is 1. The van der Waals surface area contributed by atoms with Crippen LogP contribution in [0.5, 0.6) is 0 Å². The van der Waals surface area contributed by atoms with E-state index >= 15 is 0 Å². The minimum absolute atomic E-state index is 0.00911. The van der Waals surface area contributed by atoms with Crippen molar-refractivity contribution in [2.75, 3.05) is 25.0 Å². The molecule has 0 saturated heterocycles. The number of anilines is 1. The number of carbonyl (C=O) groups is 1. The van der Waals surface area contributed by atoms with E-state index in [-0.39, 0.29) is 46.1 Å². The Balaban J connectivity index is 1.62. The number of nitrogens with one attached hydrogen (secondary N) is 3. The highest BCUT2D eigenvalue weighted by molar-refractivity contribution is 7.98. The number of alkyl halides is 3. The monoisotopic (exact) mass is 523 g/mol. The number of rotatable bonds is 10. The Morgan fingerprint density at radius 1 is 1.29 bits per heavy atom. The van der Waals surface area contributed by atoms with Crippen molar-refractivity contribution in [2.45, 2.75) is 30.1 Å². The van der Waals surface area contributed by atoms with Crippen molar-refractivity contribution in [1.29, 1.82) is 0 Å². The number of esters is 1. The highest BCUT2D eigenvalue weighted by Gasteiger charge is 2.40. The maximum absolute atomic E-state index is 13.9. The maximum Gasteiger partial charge on any atom is 0.490 e. The van der Waals surface area contributed by atoms with Gasteiger partial charge in [-0.2, -0.15) is 13.2 Å². The van der Waals surface area contributed by atoms with Crippen molar-refractivity contribution in [2.24, 2.45) is 0 Å². The quantitative estimate of drug-likeness (QED) is 0.122. The minimum atomic E-state index is -5.04. The summed E-state index contributed by atoms with van der Waals surface area (Å²) in [6.45, 7) is 1.56. The molecule has 15 heteroatoms. The summed E-state index contributed by atoms with van der Waals surface area (Å²) in [6, 6.07) is 3.54. The second-order valence-corrected chi connectivity index (χ2v) is 8.86. The van der Waals surface area contributed by atoms with Crippen LogP contribution in [-0.2, 0) is 15.3 Å². The number of H-pyrrole nitrogens is 1. The van der Waals surface area contributed by atoms with Crippen LogP contribution in [0.25, 0.3) is 10.3 Å². The zero-order valence-corrected chi connectivity index (χ0v) is 19.1. The highest BCUT2D eigenvalue weighted by atomic mass is 32.2. The first-order valence-electron chi connectivity index (χ1n) is 9.72. The molecule has 3 N–H and O–H groups in total. The van der Waals surface area contributed by atoms with Gasteiger partial charge in [0, 0.05) is 30.4 Å². The molecule has 0 bridgehead atoms. The summed E-state index contributed by atoms with van der Waals surface area (Å²) < 4.78 is 68.2. The number of halogens is 5. The molecule has 2 heterocycles. The standard InChI is InChI=1S/C19H18F5N5O3S2/c1-9(7-25-5-6-32-16(30)19(22,23)24)26-14-13-15(29-18(31)34-13)28-17(27-14)33-8-10-3-2-4-11(20)12(10)21/h2-4,9,25H,5-8H2,1H3,(H2,26,27,28,29,31)/t9-/m1/s1. The maximum atomic E-state index is 13.9. The lowest BCUT2D eigenvalue weighted by Gasteiger charge is -2.16. The zero-order valence-electron chi connectivity index (χ0n) is 17.5. The molecule has 8 nitrogen and oxygen atoms in total. The fourth-order valence-electron chi connectivity index (χ4n) is 2.69.